The quantitative estimate of drug-likeness (QED) is 0.409. The van der Waals surface area contributed by atoms with Gasteiger partial charge in [0.25, 0.3) is 0 Å². The molecule has 0 amide bonds. The number of halogens is 1. The van der Waals surface area contributed by atoms with Crippen LogP contribution in [0.15, 0.2) is 30.3 Å². The molecule has 1 atom stereocenters. The molecule has 1 rings (SSSR count). The molecule has 1 unspecified atom stereocenters. The van der Waals surface area contributed by atoms with Crippen LogP contribution < -0.4 is 0 Å². The first-order valence-corrected chi connectivity index (χ1v) is 3.93. The van der Waals surface area contributed by atoms with Gasteiger partial charge in [-0.05, 0) is 19.1 Å². The highest BCUT2D eigenvalue weighted by Gasteiger charge is 1.85. The molecule has 0 nitrogen and oxygen atoms in total. The lowest BCUT2D eigenvalue weighted by atomic mass is 10.2. The Morgan fingerprint density at radius 3 is 2.45 bits per heavy atom. The van der Waals surface area contributed by atoms with Gasteiger partial charge >= 0.3 is 0 Å². The maximum atomic E-state index is 5.65. The van der Waals surface area contributed by atoms with Gasteiger partial charge in [0.05, 0.1) is 5.38 Å². The van der Waals surface area contributed by atoms with E-state index in [9.17, 15) is 0 Å². The Bertz CT molecular complexity index is 264. The van der Waals surface area contributed by atoms with Crippen molar-refractivity contribution >= 4 is 11.6 Å². The van der Waals surface area contributed by atoms with Crippen LogP contribution in [-0.4, -0.2) is 5.38 Å². The highest BCUT2D eigenvalue weighted by molar-refractivity contribution is 6.22. The van der Waals surface area contributed by atoms with Crippen LogP contribution >= 0.6 is 11.6 Å². The van der Waals surface area contributed by atoms with Crippen LogP contribution in [0.25, 0.3) is 0 Å². The predicted molar refractivity (Wildman–Crippen MR) is 48.6 cm³/mol. The van der Waals surface area contributed by atoms with Crippen molar-refractivity contribution in [3.8, 4) is 11.8 Å². The van der Waals surface area contributed by atoms with Crippen LogP contribution in [0.5, 0.6) is 0 Å². The highest BCUT2D eigenvalue weighted by atomic mass is 35.5. The molecule has 1 aromatic rings. The molecule has 0 fully saturated rings. The Labute approximate surface area is 72.2 Å². The summed E-state index contributed by atoms with van der Waals surface area (Å²) in [5, 5.41) is -0.0739. The zero-order valence-corrected chi connectivity index (χ0v) is 7.10. The Morgan fingerprint density at radius 2 is 1.91 bits per heavy atom. The largest absolute Gasteiger partial charge is 0.109 e. The minimum Gasteiger partial charge on any atom is -0.109 e. The Balaban J connectivity index is 2.75. The Kier molecular flexibility index (Phi) is 3.01. The van der Waals surface area contributed by atoms with Gasteiger partial charge in [0.1, 0.15) is 0 Å². The molecule has 0 saturated carbocycles. The van der Waals surface area contributed by atoms with E-state index in [-0.39, 0.29) is 5.38 Å². The summed E-state index contributed by atoms with van der Waals surface area (Å²) >= 11 is 5.65. The van der Waals surface area contributed by atoms with Crippen molar-refractivity contribution in [2.24, 2.45) is 0 Å². The Morgan fingerprint density at radius 1 is 1.27 bits per heavy atom. The summed E-state index contributed by atoms with van der Waals surface area (Å²) in [6.45, 7) is 1.86. The fraction of sp³-hybridized carbons (Fsp3) is 0.200. The first-order valence-electron chi connectivity index (χ1n) is 3.49. The van der Waals surface area contributed by atoms with E-state index in [0.29, 0.717) is 0 Å². The van der Waals surface area contributed by atoms with E-state index >= 15 is 0 Å². The normalized spacial score (nSPS) is 11.5. The van der Waals surface area contributed by atoms with Gasteiger partial charge in [-0.2, -0.15) is 0 Å². The summed E-state index contributed by atoms with van der Waals surface area (Å²) in [6, 6.07) is 9.82. The van der Waals surface area contributed by atoms with Crippen LogP contribution in [0.4, 0.5) is 0 Å². The topological polar surface area (TPSA) is 0 Å². The van der Waals surface area contributed by atoms with Gasteiger partial charge in [0, 0.05) is 5.56 Å². The molecule has 0 saturated heterocycles. The SMILES string of the molecule is CC(Cl)C#Cc1ccccc1. The predicted octanol–water partition coefficient (Wildman–Crippen LogP) is 2.67. The van der Waals surface area contributed by atoms with Crippen LogP contribution in [-0.2, 0) is 0 Å². The smallest absolute Gasteiger partial charge is 0.0918 e. The molecule has 0 aliphatic heterocycles. The number of rotatable bonds is 0. The minimum absolute atomic E-state index is 0.0739. The van der Waals surface area contributed by atoms with E-state index in [1.54, 1.807) is 0 Å². The molecule has 1 aromatic carbocycles. The van der Waals surface area contributed by atoms with E-state index in [1.165, 1.54) is 0 Å². The molecule has 0 radical (unpaired) electrons. The summed E-state index contributed by atoms with van der Waals surface area (Å²) in [7, 11) is 0. The highest BCUT2D eigenvalue weighted by Crippen LogP contribution is 1.96. The number of hydrogen-bond acceptors (Lipinski definition) is 0. The molecule has 0 aliphatic carbocycles. The monoisotopic (exact) mass is 164 g/mol. The van der Waals surface area contributed by atoms with Crippen molar-refractivity contribution in [1.29, 1.82) is 0 Å². The van der Waals surface area contributed by atoms with E-state index in [1.807, 2.05) is 37.3 Å². The minimum atomic E-state index is -0.0739. The fourth-order valence-electron chi connectivity index (χ4n) is 0.704. The maximum Gasteiger partial charge on any atom is 0.0918 e. The number of hydrogen-bond donors (Lipinski definition) is 0. The average molecular weight is 165 g/mol. The molecular weight excluding hydrogens is 156 g/mol. The second kappa shape index (κ2) is 4.05. The second-order valence-electron chi connectivity index (χ2n) is 2.25. The fourth-order valence-corrected chi connectivity index (χ4v) is 0.759. The molecule has 11 heavy (non-hydrogen) atoms. The van der Waals surface area contributed by atoms with Crippen LogP contribution in [0.3, 0.4) is 0 Å². The van der Waals surface area contributed by atoms with Crippen LogP contribution in [0.2, 0.25) is 0 Å². The van der Waals surface area contributed by atoms with Crippen molar-refractivity contribution in [3.05, 3.63) is 35.9 Å². The molecule has 0 bridgehead atoms. The van der Waals surface area contributed by atoms with Crippen molar-refractivity contribution < 1.29 is 0 Å². The molecule has 0 heterocycles. The zero-order chi connectivity index (χ0) is 8.10. The summed E-state index contributed by atoms with van der Waals surface area (Å²) in [5.41, 5.74) is 1.01. The first kappa shape index (κ1) is 8.17. The Hall–Kier alpha value is -0.930. The third-order valence-electron chi connectivity index (χ3n) is 1.19. The lowest BCUT2D eigenvalue weighted by Gasteiger charge is -1.87. The molecule has 56 valence electrons. The molecule has 0 N–H and O–H groups in total. The van der Waals surface area contributed by atoms with E-state index in [0.717, 1.165) is 5.56 Å². The number of benzene rings is 1. The zero-order valence-electron chi connectivity index (χ0n) is 6.34. The van der Waals surface area contributed by atoms with Gasteiger partial charge < -0.3 is 0 Å². The number of alkyl halides is 1. The molecular formula is C10H9Cl. The van der Waals surface area contributed by atoms with Gasteiger partial charge in [0.15, 0.2) is 0 Å². The molecule has 0 aliphatic rings. The van der Waals surface area contributed by atoms with Gasteiger partial charge in [-0.1, -0.05) is 30.0 Å². The molecule has 0 aromatic heterocycles. The third-order valence-corrected chi connectivity index (χ3v) is 1.30. The summed E-state index contributed by atoms with van der Waals surface area (Å²) < 4.78 is 0. The summed E-state index contributed by atoms with van der Waals surface area (Å²) in [5.74, 6) is 5.84. The second-order valence-corrected chi connectivity index (χ2v) is 2.91. The van der Waals surface area contributed by atoms with Crippen LogP contribution in [0, 0.1) is 11.8 Å². The summed E-state index contributed by atoms with van der Waals surface area (Å²) in [4.78, 5) is 0. The van der Waals surface area contributed by atoms with Crippen LogP contribution in [0.1, 0.15) is 12.5 Å². The van der Waals surface area contributed by atoms with Crippen molar-refractivity contribution in [2.45, 2.75) is 12.3 Å². The van der Waals surface area contributed by atoms with E-state index < -0.39 is 0 Å². The lowest BCUT2D eigenvalue weighted by Crippen LogP contribution is -1.81. The van der Waals surface area contributed by atoms with Crippen molar-refractivity contribution in [3.63, 3.8) is 0 Å². The van der Waals surface area contributed by atoms with E-state index in [4.69, 9.17) is 11.6 Å². The third kappa shape index (κ3) is 3.11. The average Bonchev–Trinajstić information content (AvgIpc) is 2.03. The summed E-state index contributed by atoms with van der Waals surface area (Å²) in [6.07, 6.45) is 0. The first-order chi connectivity index (χ1) is 5.29. The van der Waals surface area contributed by atoms with Gasteiger partial charge in [-0.3, -0.25) is 0 Å². The van der Waals surface area contributed by atoms with Crippen molar-refractivity contribution in [2.75, 3.05) is 0 Å². The van der Waals surface area contributed by atoms with Gasteiger partial charge in [0.2, 0.25) is 0 Å². The van der Waals surface area contributed by atoms with Gasteiger partial charge in [-0.25, -0.2) is 0 Å². The van der Waals surface area contributed by atoms with Gasteiger partial charge in [-0.15, -0.1) is 11.6 Å². The molecule has 1 heteroatoms. The van der Waals surface area contributed by atoms with Crippen molar-refractivity contribution in [1.82, 2.24) is 0 Å². The maximum absolute atomic E-state index is 5.65. The standard InChI is InChI=1S/C10H9Cl/c1-9(11)7-8-10-5-3-2-4-6-10/h2-6,9H,1H3. The molecule has 0 spiro atoms. The van der Waals surface area contributed by atoms with E-state index in [2.05, 4.69) is 11.8 Å². The lowest BCUT2D eigenvalue weighted by molar-refractivity contribution is 1.28.